The van der Waals surface area contributed by atoms with Gasteiger partial charge in [-0.2, -0.15) is 0 Å². The summed E-state index contributed by atoms with van der Waals surface area (Å²) in [5.41, 5.74) is 1.38. The van der Waals surface area contributed by atoms with Gasteiger partial charge in [0.2, 0.25) is 0 Å². The lowest BCUT2D eigenvalue weighted by Gasteiger charge is -2.13. The van der Waals surface area contributed by atoms with Gasteiger partial charge in [-0.3, -0.25) is 0 Å². The van der Waals surface area contributed by atoms with Crippen molar-refractivity contribution < 1.29 is 9.84 Å². The van der Waals surface area contributed by atoms with Gasteiger partial charge in [0.1, 0.15) is 11.8 Å². The number of thiophene rings is 1. The van der Waals surface area contributed by atoms with E-state index >= 15 is 0 Å². The molecule has 0 unspecified atom stereocenters. The minimum absolute atomic E-state index is 0.264. The van der Waals surface area contributed by atoms with Crippen LogP contribution < -0.4 is 5.32 Å². The molecule has 22 heavy (non-hydrogen) atoms. The van der Waals surface area contributed by atoms with Crippen LogP contribution in [0.2, 0.25) is 0 Å². The Morgan fingerprint density at radius 3 is 3.09 bits per heavy atom. The molecule has 1 atom stereocenters. The standard InChI is InChI=1S/C14H17N5O2S/c1-15-13-12-14(17-8-16-13)18-9-19(12)5-10(20)6-21-7-11-3-2-4-22-11/h2-4,8-10,20H,5-7H2,1H3,(H,15,16,17)/t10-/m1/s1. The van der Waals surface area contributed by atoms with E-state index in [1.807, 2.05) is 22.1 Å². The topological polar surface area (TPSA) is 85.1 Å². The van der Waals surface area contributed by atoms with Crippen molar-refractivity contribution in [3.8, 4) is 0 Å². The van der Waals surface area contributed by atoms with Gasteiger partial charge in [0.25, 0.3) is 0 Å². The first-order chi connectivity index (χ1) is 10.8. The summed E-state index contributed by atoms with van der Waals surface area (Å²) >= 11 is 1.64. The molecule has 8 heteroatoms. The molecular formula is C14H17N5O2S. The van der Waals surface area contributed by atoms with Crippen molar-refractivity contribution in [2.75, 3.05) is 19.0 Å². The van der Waals surface area contributed by atoms with Crippen molar-refractivity contribution in [2.24, 2.45) is 0 Å². The fourth-order valence-electron chi connectivity index (χ4n) is 2.20. The quantitative estimate of drug-likeness (QED) is 0.686. The van der Waals surface area contributed by atoms with Crippen LogP contribution in [-0.2, 0) is 17.9 Å². The molecule has 3 heterocycles. The number of ether oxygens (including phenoxy) is 1. The van der Waals surface area contributed by atoms with E-state index in [9.17, 15) is 5.11 Å². The number of nitrogens with zero attached hydrogens (tertiary/aromatic N) is 4. The lowest BCUT2D eigenvalue weighted by Crippen LogP contribution is -2.21. The summed E-state index contributed by atoms with van der Waals surface area (Å²) in [7, 11) is 1.79. The second kappa shape index (κ2) is 6.82. The number of hydrogen-bond acceptors (Lipinski definition) is 7. The molecule has 0 aliphatic carbocycles. The fraction of sp³-hybridized carbons (Fsp3) is 0.357. The molecule has 7 nitrogen and oxygen atoms in total. The third kappa shape index (κ3) is 3.24. The third-order valence-corrected chi connectivity index (χ3v) is 4.04. The molecule has 0 aromatic carbocycles. The average Bonchev–Trinajstić information content (AvgIpc) is 3.17. The molecule has 0 aliphatic heterocycles. The predicted molar refractivity (Wildman–Crippen MR) is 84.9 cm³/mol. The van der Waals surface area contributed by atoms with Gasteiger partial charge in [-0.25, -0.2) is 15.0 Å². The van der Waals surface area contributed by atoms with Crippen molar-refractivity contribution in [3.63, 3.8) is 0 Å². The van der Waals surface area contributed by atoms with Gasteiger partial charge in [0.15, 0.2) is 11.5 Å². The van der Waals surface area contributed by atoms with E-state index in [4.69, 9.17) is 4.74 Å². The smallest absolute Gasteiger partial charge is 0.182 e. The number of nitrogens with one attached hydrogen (secondary N) is 1. The monoisotopic (exact) mass is 319 g/mol. The maximum atomic E-state index is 10.1. The summed E-state index contributed by atoms with van der Waals surface area (Å²) < 4.78 is 7.37. The zero-order valence-corrected chi connectivity index (χ0v) is 13.0. The zero-order chi connectivity index (χ0) is 15.4. The van der Waals surface area contributed by atoms with Crippen LogP contribution in [0.15, 0.2) is 30.2 Å². The number of fused-ring (bicyclic) bond motifs is 1. The van der Waals surface area contributed by atoms with Crippen LogP contribution in [0.4, 0.5) is 5.82 Å². The van der Waals surface area contributed by atoms with Gasteiger partial charge in [-0.05, 0) is 11.4 Å². The number of hydrogen-bond donors (Lipinski definition) is 2. The predicted octanol–water partition coefficient (Wildman–Crippen LogP) is 1.51. The van der Waals surface area contributed by atoms with E-state index in [1.165, 1.54) is 6.33 Å². The van der Waals surface area contributed by atoms with E-state index in [1.54, 1.807) is 24.7 Å². The van der Waals surface area contributed by atoms with Crippen LogP contribution >= 0.6 is 11.3 Å². The molecule has 0 fully saturated rings. The van der Waals surface area contributed by atoms with E-state index in [0.29, 0.717) is 24.6 Å². The van der Waals surface area contributed by atoms with Crippen LogP contribution in [0.25, 0.3) is 11.2 Å². The van der Waals surface area contributed by atoms with Crippen molar-refractivity contribution in [1.29, 1.82) is 0 Å². The number of aliphatic hydroxyl groups excluding tert-OH is 1. The highest BCUT2D eigenvalue weighted by molar-refractivity contribution is 7.09. The Hall–Kier alpha value is -2.03. The first-order valence-electron chi connectivity index (χ1n) is 6.89. The summed E-state index contributed by atoms with van der Waals surface area (Å²) in [6, 6.07) is 3.99. The van der Waals surface area contributed by atoms with Crippen molar-refractivity contribution in [2.45, 2.75) is 19.3 Å². The number of anilines is 1. The van der Waals surface area contributed by atoms with Crippen LogP contribution in [0.3, 0.4) is 0 Å². The number of aliphatic hydroxyl groups is 1. The minimum Gasteiger partial charge on any atom is -0.389 e. The summed E-state index contributed by atoms with van der Waals surface area (Å²) in [6.45, 7) is 1.16. The van der Waals surface area contributed by atoms with Gasteiger partial charge in [0.05, 0.1) is 32.2 Å². The number of aromatic nitrogens is 4. The number of imidazole rings is 1. The van der Waals surface area contributed by atoms with E-state index < -0.39 is 6.10 Å². The van der Waals surface area contributed by atoms with Crippen molar-refractivity contribution in [1.82, 2.24) is 19.5 Å². The minimum atomic E-state index is -0.623. The Bertz CT molecular complexity index is 728. The van der Waals surface area contributed by atoms with Crippen molar-refractivity contribution in [3.05, 3.63) is 35.0 Å². The molecule has 0 spiro atoms. The largest absolute Gasteiger partial charge is 0.389 e. The molecule has 0 aliphatic rings. The van der Waals surface area contributed by atoms with Crippen LogP contribution in [-0.4, -0.2) is 44.4 Å². The molecule has 2 N–H and O–H groups in total. The SMILES string of the molecule is CNc1ncnc2ncn(C[C@@H](O)COCc3cccs3)c12. The highest BCUT2D eigenvalue weighted by Crippen LogP contribution is 2.18. The van der Waals surface area contributed by atoms with Gasteiger partial charge in [0, 0.05) is 11.9 Å². The Morgan fingerprint density at radius 1 is 1.41 bits per heavy atom. The normalized spacial score (nSPS) is 12.6. The number of rotatable bonds is 7. The second-order valence-electron chi connectivity index (χ2n) is 4.79. The van der Waals surface area contributed by atoms with Crippen molar-refractivity contribution >= 4 is 28.3 Å². The van der Waals surface area contributed by atoms with Crippen LogP contribution in [0.1, 0.15) is 4.88 Å². The van der Waals surface area contributed by atoms with Gasteiger partial charge in [-0.15, -0.1) is 11.3 Å². The average molecular weight is 319 g/mol. The molecule has 0 amide bonds. The molecule has 116 valence electrons. The fourth-order valence-corrected chi connectivity index (χ4v) is 2.84. The Morgan fingerprint density at radius 2 is 2.32 bits per heavy atom. The van der Waals surface area contributed by atoms with Gasteiger partial charge >= 0.3 is 0 Å². The summed E-state index contributed by atoms with van der Waals surface area (Å²) in [5.74, 6) is 0.689. The molecule has 0 bridgehead atoms. The highest BCUT2D eigenvalue weighted by Gasteiger charge is 2.13. The third-order valence-electron chi connectivity index (χ3n) is 3.19. The van der Waals surface area contributed by atoms with Gasteiger partial charge < -0.3 is 19.7 Å². The molecule has 3 aromatic heterocycles. The van der Waals surface area contributed by atoms with Crippen LogP contribution in [0, 0.1) is 0 Å². The Labute approximate surface area is 131 Å². The molecule has 0 radical (unpaired) electrons. The molecule has 0 saturated carbocycles. The summed E-state index contributed by atoms with van der Waals surface area (Å²) in [6.07, 6.45) is 2.50. The molecular weight excluding hydrogens is 302 g/mol. The highest BCUT2D eigenvalue weighted by atomic mass is 32.1. The van der Waals surface area contributed by atoms with E-state index in [2.05, 4.69) is 20.3 Å². The molecule has 0 saturated heterocycles. The first-order valence-corrected chi connectivity index (χ1v) is 7.77. The maximum Gasteiger partial charge on any atom is 0.182 e. The summed E-state index contributed by atoms with van der Waals surface area (Å²) in [4.78, 5) is 13.7. The Kier molecular flexibility index (Phi) is 4.62. The first kappa shape index (κ1) is 14.9. The molecule has 3 aromatic rings. The lowest BCUT2D eigenvalue weighted by molar-refractivity contribution is 0.0218. The van der Waals surface area contributed by atoms with E-state index in [-0.39, 0.29) is 6.61 Å². The zero-order valence-electron chi connectivity index (χ0n) is 12.1. The Balaban J connectivity index is 1.62. The van der Waals surface area contributed by atoms with Gasteiger partial charge in [-0.1, -0.05) is 6.07 Å². The second-order valence-corrected chi connectivity index (χ2v) is 5.82. The summed E-state index contributed by atoms with van der Waals surface area (Å²) in [5, 5.41) is 15.2. The maximum absolute atomic E-state index is 10.1. The lowest BCUT2D eigenvalue weighted by atomic mass is 10.3. The van der Waals surface area contributed by atoms with Crippen LogP contribution in [0.5, 0.6) is 0 Å². The van der Waals surface area contributed by atoms with E-state index in [0.717, 1.165) is 10.4 Å². The molecule has 3 rings (SSSR count).